The number of alkyl halides is 2. The largest absolute Gasteiger partial charge is 0.463 e. The Morgan fingerprint density at radius 2 is 1.63 bits per heavy atom. The van der Waals surface area contributed by atoms with E-state index >= 15 is 0 Å². The fourth-order valence-electron chi connectivity index (χ4n) is 2.50. The lowest BCUT2D eigenvalue weighted by molar-refractivity contribution is -0.147. The van der Waals surface area contributed by atoms with Gasteiger partial charge in [-0.25, -0.2) is 0 Å². The van der Waals surface area contributed by atoms with Crippen LogP contribution in [-0.2, 0) is 9.53 Å². The van der Waals surface area contributed by atoms with Crippen molar-refractivity contribution in [2.24, 2.45) is 0 Å². The summed E-state index contributed by atoms with van der Waals surface area (Å²) in [4.78, 5) is 24.7. The van der Waals surface area contributed by atoms with Crippen molar-refractivity contribution < 1.29 is 27.8 Å². The number of ether oxygens (including phenoxy) is 2. The molecule has 2 aromatic rings. The van der Waals surface area contributed by atoms with Crippen molar-refractivity contribution in [1.29, 1.82) is 0 Å². The Bertz CT molecular complexity index is 766. The number of halogens is 2. The third-order valence-electron chi connectivity index (χ3n) is 3.59. The van der Waals surface area contributed by atoms with Crippen LogP contribution in [0, 0.1) is 0 Å². The molecule has 144 valence electrons. The Kier molecular flexibility index (Phi) is 7.28. The Balaban J connectivity index is 2.22. The highest BCUT2D eigenvalue weighted by atomic mass is 19.3. The Morgan fingerprint density at radius 1 is 1.00 bits per heavy atom. The summed E-state index contributed by atoms with van der Waals surface area (Å²) in [5, 5.41) is 2.70. The molecule has 2 rings (SSSR count). The molecule has 1 unspecified atom stereocenters. The van der Waals surface area contributed by atoms with Crippen LogP contribution in [-0.4, -0.2) is 24.6 Å². The first-order chi connectivity index (χ1) is 12.9. The van der Waals surface area contributed by atoms with Gasteiger partial charge in [0.1, 0.15) is 5.75 Å². The summed E-state index contributed by atoms with van der Waals surface area (Å²) in [6.45, 7) is 0.405. The third-order valence-corrected chi connectivity index (χ3v) is 3.59. The van der Waals surface area contributed by atoms with Gasteiger partial charge in [-0.2, -0.15) is 8.78 Å². The van der Waals surface area contributed by atoms with Gasteiger partial charge in [-0.15, -0.1) is 0 Å². The van der Waals surface area contributed by atoms with E-state index in [1.54, 1.807) is 44.2 Å². The van der Waals surface area contributed by atoms with E-state index in [1.807, 2.05) is 0 Å². The second-order valence-electron chi connectivity index (χ2n) is 6.05. The molecule has 5 nitrogen and oxygen atoms in total. The molecule has 1 atom stereocenters. The minimum atomic E-state index is -3.05. The lowest BCUT2D eigenvalue weighted by atomic mass is 10.0. The fraction of sp³-hybridized carbons (Fsp3) is 0.300. The molecule has 0 heterocycles. The second kappa shape index (κ2) is 9.66. The Hall–Kier alpha value is -2.96. The SMILES string of the molecule is CC(C)OC(=O)CC(NC(=O)c1ccccc1OC(F)F)c1ccccc1. The molecule has 0 bridgehead atoms. The highest BCUT2D eigenvalue weighted by molar-refractivity contribution is 5.97. The molecule has 0 radical (unpaired) electrons. The first-order valence-corrected chi connectivity index (χ1v) is 8.46. The lowest BCUT2D eigenvalue weighted by Gasteiger charge is -2.20. The standard InChI is InChI=1S/C20H21F2NO4/c1-13(2)26-18(24)12-16(14-8-4-3-5-9-14)23-19(25)15-10-6-7-11-17(15)27-20(21)22/h3-11,13,16,20H,12H2,1-2H3,(H,23,25). The van der Waals surface area contributed by atoms with Crippen LogP contribution < -0.4 is 10.1 Å². The highest BCUT2D eigenvalue weighted by Gasteiger charge is 2.23. The molecular weight excluding hydrogens is 356 g/mol. The van der Waals surface area contributed by atoms with Gasteiger partial charge in [0.25, 0.3) is 5.91 Å². The molecule has 0 aromatic heterocycles. The number of esters is 1. The van der Waals surface area contributed by atoms with Gasteiger partial charge in [0.15, 0.2) is 0 Å². The van der Waals surface area contributed by atoms with Crippen molar-refractivity contribution in [2.45, 2.75) is 39.0 Å². The number of hydrogen-bond donors (Lipinski definition) is 1. The van der Waals surface area contributed by atoms with Crippen LogP contribution >= 0.6 is 0 Å². The number of rotatable bonds is 8. The van der Waals surface area contributed by atoms with E-state index in [0.29, 0.717) is 5.56 Å². The van der Waals surface area contributed by atoms with E-state index in [0.717, 1.165) is 0 Å². The van der Waals surface area contributed by atoms with Crippen molar-refractivity contribution >= 4 is 11.9 Å². The predicted molar refractivity (Wildman–Crippen MR) is 95.6 cm³/mol. The summed E-state index contributed by atoms with van der Waals surface area (Å²) in [5.74, 6) is -1.34. The summed E-state index contributed by atoms with van der Waals surface area (Å²) >= 11 is 0. The van der Waals surface area contributed by atoms with Gasteiger partial charge in [0.05, 0.1) is 24.1 Å². The molecule has 1 amide bonds. The van der Waals surface area contributed by atoms with Crippen molar-refractivity contribution in [3.63, 3.8) is 0 Å². The smallest absolute Gasteiger partial charge is 0.387 e. The zero-order chi connectivity index (χ0) is 19.8. The molecular formula is C20H21F2NO4. The molecule has 0 saturated carbocycles. The molecule has 1 N–H and O–H groups in total. The zero-order valence-electron chi connectivity index (χ0n) is 15.0. The van der Waals surface area contributed by atoms with Crippen molar-refractivity contribution in [3.8, 4) is 5.75 Å². The van der Waals surface area contributed by atoms with E-state index in [4.69, 9.17) is 4.74 Å². The predicted octanol–water partition coefficient (Wildman–Crippen LogP) is 4.10. The van der Waals surface area contributed by atoms with Crippen LogP contribution in [0.3, 0.4) is 0 Å². The zero-order valence-corrected chi connectivity index (χ0v) is 15.0. The molecule has 7 heteroatoms. The molecule has 0 aliphatic carbocycles. The summed E-state index contributed by atoms with van der Waals surface area (Å²) in [6, 6.07) is 13.9. The van der Waals surface area contributed by atoms with Gasteiger partial charge in [0, 0.05) is 0 Å². The summed E-state index contributed by atoms with van der Waals surface area (Å²) in [6.07, 6.45) is -0.379. The van der Waals surface area contributed by atoms with Crippen LogP contribution in [0.15, 0.2) is 54.6 Å². The third kappa shape index (κ3) is 6.36. The molecule has 0 aliphatic heterocycles. The van der Waals surface area contributed by atoms with E-state index in [-0.39, 0.29) is 23.8 Å². The van der Waals surface area contributed by atoms with Crippen LogP contribution in [0.1, 0.15) is 42.2 Å². The molecule has 2 aromatic carbocycles. The van der Waals surface area contributed by atoms with Crippen molar-refractivity contribution in [3.05, 3.63) is 65.7 Å². The van der Waals surface area contributed by atoms with E-state index in [1.165, 1.54) is 24.3 Å². The maximum atomic E-state index is 12.6. The van der Waals surface area contributed by atoms with Gasteiger partial charge >= 0.3 is 12.6 Å². The summed E-state index contributed by atoms with van der Waals surface area (Å²) < 4.78 is 34.7. The van der Waals surface area contributed by atoms with Crippen LogP contribution in [0.25, 0.3) is 0 Å². The van der Waals surface area contributed by atoms with Gasteiger partial charge in [-0.3, -0.25) is 9.59 Å². The molecule has 0 saturated heterocycles. The maximum absolute atomic E-state index is 12.6. The number of amides is 1. The summed E-state index contributed by atoms with van der Waals surface area (Å²) in [7, 11) is 0. The average molecular weight is 377 g/mol. The number of nitrogens with one attached hydrogen (secondary N) is 1. The number of carbonyl (C=O) groups excluding carboxylic acids is 2. The van der Waals surface area contributed by atoms with Gasteiger partial charge in [0.2, 0.25) is 0 Å². The Labute approximate surface area is 156 Å². The first kappa shape index (κ1) is 20.4. The van der Waals surface area contributed by atoms with Crippen LogP contribution in [0.2, 0.25) is 0 Å². The van der Waals surface area contributed by atoms with Gasteiger partial charge in [-0.1, -0.05) is 42.5 Å². The summed E-state index contributed by atoms with van der Waals surface area (Å²) in [5.41, 5.74) is 0.648. The minimum absolute atomic E-state index is 0.0454. The maximum Gasteiger partial charge on any atom is 0.387 e. The first-order valence-electron chi connectivity index (χ1n) is 8.46. The number of benzene rings is 2. The fourth-order valence-corrected chi connectivity index (χ4v) is 2.50. The average Bonchev–Trinajstić information content (AvgIpc) is 2.61. The normalized spacial score (nSPS) is 11.9. The Morgan fingerprint density at radius 3 is 2.26 bits per heavy atom. The molecule has 27 heavy (non-hydrogen) atoms. The van der Waals surface area contributed by atoms with Gasteiger partial charge < -0.3 is 14.8 Å². The lowest BCUT2D eigenvalue weighted by Crippen LogP contribution is -2.31. The quantitative estimate of drug-likeness (QED) is 0.704. The second-order valence-corrected chi connectivity index (χ2v) is 6.05. The van der Waals surface area contributed by atoms with Crippen molar-refractivity contribution in [1.82, 2.24) is 5.32 Å². The highest BCUT2D eigenvalue weighted by Crippen LogP contribution is 2.23. The topological polar surface area (TPSA) is 64.6 Å². The number of carbonyl (C=O) groups is 2. The van der Waals surface area contributed by atoms with Crippen molar-refractivity contribution in [2.75, 3.05) is 0 Å². The van der Waals surface area contributed by atoms with E-state index in [9.17, 15) is 18.4 Å². The molecule has 0 aliphatic rings. The van der Waals surface area contributed by atoms with E-state index in [2.05, 4.69) is 10.1 Å². The molecule has 0 spiro atoms. The number of hydrogen-bond acceptors (Lipinski definition) is 4. The van der Waals surface area contributed by atoms with Gasteiger partial charge in [-0.05, 0) is 31.5 Å². The minimum Gasteiger partial charge on any atom is -0.463 e. The van der Waals surface area contributed by atoms with Crippen LogP contribution in [0.4, 0.5) is 8.78 Å². The molecule has 0 fully saturated rings. The monoisotopic (exact) mass is 377 g/mol. The number of para-hydroxylation sites is 1. The van der Waals surface area contributed by atoms with Crippen LogP contribution in [0.5, 0.6) is 5.75 Å². The van der Waals surface area contributed by atoms with E-state index < -0.39 is 24.5 Å².